The number of anilines is 1. The van der Waals surface area contributed by atoms with E-state index in [2.05, 4.69) is 5.32 Å². The summed E-state index contributed by atoms with van der Waals surface area (Å²) < 4.78 is 0. The number of rotatable bonds is 0. The summed E-state index contributed by atoms with van der Waals surface area (Å²) in [6, 6.07) is 2.95. The highest BCUT2D eigenvalue weighted by atomic mass is 16.3. The van der Waals surface area contributed by atoms with Crippen molar-refractivity contribution in [3.8, 4) is 5.75 Å². The largest absolute Gasteiger partial charge is 0.505 e. The van der Waals surface area contributed by atoms with Gasteiger partial charge in [-0.15, -0.1) is 0 Å². The van der Waals surface area contributed by atoms with Crippen molar-refractivity contribution in [2.45, 2.75) is 25.8 Å². The molecular weight excluding hydrogens is 232 g/mol. The second-order valence-corrected chi connectivity index (χ2v) is 4.80. The molecule has 3 rings (SSSR count). The van der Waals surface area contributed by atoms with Crippen LogP contribution in [0.25, 0.3) is 0 Å². The fourth-order valence-electron chi connectivity index (χ4n) is 2.64. The number of nitrogens with one attached hydrogen (secondary N) is 1. The van der Waals surface area contributed by atoms with Gasteiger partial charge in [-0.1, -0.05) is 6.07 Å². The third-order valence-electron chi connectivity index (χ3n) is 3.67. The van der Waals surface area contributed by atoms with E-state index in [1.54, 1.807) is 24.0 Å². The lowest BCUT2D eigenvalue weighted by molar-refractivity contribution is -0.119. The second kappa shape index (κ2) is 3.73. The Bertz CT molecular complexity index is 553. The average molecular weight is 246 g/mol. The highest BCUT2D eigenvalue weighted by Crippen LogP contribution is 2.36. The van der Waals surface area contributed by atoms with Gasteiger partial charge in [0.05, 0.1) is 11.3 Å². The van der Waals surface area contributed by atoms with E-state index in [-0.39, 0.29) is 23.3 Å². The van der Waals surface area contributed by atoms with Crippen LogP contribution in [0.3, 0.4) is 0 Å². The first kappa shape index (κ1) is 11.1. The Hall–Kier alpha value is -2.04. The van der Waals surface area contributed by atoms with E-state index in [9.17, 15) is 14.7 Å². The first-order chi connectivity index (χ1) is 8.59. The van der Waals surface area contributed by atoms with Gasteiger partial charge < -0.3 is 15.3 Å². The first-order valence-electron chi connectivity index (χ1n) is 6.04. The molecule has 5 nitrogen and oxygen atoms in total. The Kier molecular flexibility index (Phi) is 2.29. The molecule has 0 spiro atoms. The van der Waals surface area contributed by atoms with Crippen LogP contribution in [-0.2, 0) is 4.79 Å². The van der Waals surface area contributed by atoms with Crippen LogP contribution in [0.4, 0.5) is 5.69 Å². The molecule has 5 heteroatoms. The minimum atomic E-state index is -0.399. The molecule has 1 fully saturated rings. The number of fused-ring (bicyclic) bond motifs is 2. The Morgan fingerprint density at radius 1 is 1.39 bits per heavy atom. The van der Waals surface area contributed by atoms with E-state index in [4.69, 9.17) is 0 Å². The van der Waals surface area contributed by atoms with Gasteiger partial charge in [-0.25, -0.2) is 0 Å². The lowest BCUT2D eigenvalue weighted by Gasteiger charge is -2.19. The number of hydrogen-bond donors (Lipinski definition) is 2. The van der Waals surface area contributed by atoms with Gasteiger partial charge in [0.15, 0.2) is 0 Å². The van der Waals surface area contributed by atoms with Crippen molar-refractivity contribution in [1.29, 1.82) is 0 Å². The van der Waals surface area contributed by atoms with Crippen LogP contribution in [0, 0.1) is 6.92 Å². The zero-order chi connectivity index (χ0) is 12.9. The quantitative estimate of drug-likeness (QED) is 0.677. The number of phenols is 1. The number of amides is 2. The SMILES string of the molecule is Cc1ccc2c(c1O)NC(=O)[C@@H]1CCCN1C2=O. The first-order valence-corrected chi connectivity index (χ1v) is 6.04. The van der Waals surface area contributed by atoms with Crippen molar-refractivity contribution in [3.63, 3.8) is 0 Å². The van der Waals surface area contributed by atoms with Crippen molar-refractivity contribution >= 4 is 17.5 Å². The van der Waals surface area contributed by atoms with Crippen LogP contribution in [0.1, 0.15) is 28.8 Å². The lowest BCUT2D eigenvalue weighted by Crippen LogP contribution is -2.40. The molecule has 18 heavy (non-hydrogen) atoms. The number of carbonyl (C=O) groups excluding carboxylic acids is 2. The molecule has 2 heterocycles. The molecule has 0 aromatic heterocycles. The number of aromatic hydroxyl groups is 1. The molecule has 2 amide bonds. The predicted octanol–water partition coefficient (Wildman–Crippen LogP) is 1.26. The van der Waals surface area contributed by atoms with E-state index in [0.717, 1.165) is 6.42 Å². The van der Waals surface area contributed by atoms with Gasteiger partial charge in [-0.05, 0) is 31.4 Å². The lowest BCUT2D eigenvalue weighted by atomic mass is 10.1. The van der Waals surface area contributed by atoms with Gasteiger partial charge in [-0.2, -0.15) is 0 Å². The molecule has 0 unspecified atom stereocenters. The van der Waals surface area contributed by atoms with Crippen molar-refractivity contribution in [3.05, 3.63) is 23.3 Å². The summed E-state index contributed by atoms with van der Waals surface area (Å²) in [6.45, 7) is 2.34. The monoisotopic (exact) mass is 246 g/mol. The molecule has 2 aliphatic rings. The average Bonchev–Trinajstić information content (AvgIpc) is 2.80. The van der Waals surface area contributed by atoms with Gasteiger partial charge in [-0.3, -0.25) is 9.59 Å². The van der Waals surface area contributed by atoms with E-state index in [0.29, 0.717) is 24.1 Å². The van der Waals surface area contributed by atoms with E-state index < -0.39 is 6.04 Å². The van der Waals surface area contributed by atoms with Gasteiger partial charge in [0.1, 0.15) is 11.8 Å². The molecule has 0 aliphatic carbocycles. The van der Waals surface area contributed by atoms with Crippen molar-refractivity contribution in [2.75, 3.05) is 11.9 Å². The zero-order valence-electron chi connectivity index (χ0n) is 10.1. The smallest absolute Gasteiger partial charge is 0.256 e. The Balaban J connectivity index is 2.17. The molecule has 2 N–H and O–H groups in total. The van der Waals surface area contributed by atoms with Crippen LogP contribution < -0.4 is 5.32 Å². The molecule has 94 valence electrons. The third-order valence-corrected chi connectivity index (χ3v) is 3.67. The maximum atomic E-state index is 12.3. The molecule has 1 atom stereocenters. The van der Waals surface area contributed by atoms with Crippen molar-refractivity contribution < 1.29 is 14.7 Å². The van der Waals surface area contributed by atoms with Gasteiger partial charge in [0.2, 0.25) is 5.91 Å². The molecule has 0 radical (unpaired) electrons. The maximum absolute atomic E-state index is 12.3. The predicted molar refractivity (Wildman–Crippen MR) is 65.5 cm³/mol. The van der Waals surface area contributed by atoms with Crippen LogP contribution >= 0.6 is 0 Å². The Morgan fingerprint density at radius 2 is 2.17 bits per heavy atom. The summed E-state index contributed by atoms with van der Waals surface area (Å²) in [7, 11) is 0. The highest BCUT2D eigenvalue weighted by Gasteiger charge is 2.39. The fourth-order valence-corrected chi connectivity index (χ4v) is 2.64. The molecule has 1 saturated heterocycles. The fraction of sp³-hybridized carbons (Fsp3) is 0.385. The van der Waals surface area contributed by atoms with E-state index >= 15 is 0 Å². The van der Waals surface area contributed by atoms with Gasteiger partial charge >= 0.3 is 0 Å². The van der Waals surface area contributed by atoms with Crippen molar-refractivity contribution in [2.24, 2.45) is 0 Å². The minimum Gasteiger partial charge on any atom is -0.505 e. The van der Waals surface area contributed by atoms with E-state index in [1.165, 1.54) is 0 Å². The van der Waals surface area contributed by atoms with E-state index in [1.807, 2.05) is 0 Å². The number of aryl methyl sites for hydroxylation is 1. The van der Waals surface area contributed by atoms with Gasteiger partial charge in [0, 0.05) is 6.54 Å². The van der Waals surface area contributed by atoms with Crippen LogP contribution in [0.15, 0.2) is 12.1 Å². The summed E-state index contributed by atoms with van der Waals surface area (Å²) >= 11 is 0. The number of carbonyl (C=O) groups is 2. The number of hydrogen-bond acceptors (Lipinski definition) is 3. The summed E-state index contributed by atoms with van der Waals surface area (Å²) in [5.41, 5.74) is 1.26. The van der Waals surface area contributed by atoms with Crippen LogP contribution in [-0.4, -0.2) is 34.4 Å². The molecular formula is C13H14N2O3. The number of benzene rings is 1. The summed E-state index contributed by atoms with van der Waals surface area (Å²) in [4.78, 5) is 26.0. The van der Waals surface area contributed by atoms with Gasteiger partial charge in [0.25, 0.3) is 5.91 Å². The molecule has 1 aromatic carbocycles. The molecule has 2 aliphatic heterocycles. The topological polar surface area (TPSA) is 69.6 Å². The number of nitrogens with zero attached hydrogens (tertiary/aromatic N) is 1. The summed E-state index contributed by atoms with van der Waals surface area (Å²) in [5.74, 6) is -0.406. The Labute approximate surface area is 104 Å². The second-order valence-electron chi connectivity index (χ2n) is 4.80. The normalized spacial score (nSPS) is 22.3. The van der Waals surface area contributed by atoms with Crippen LogP contribution in [0.5, 0.6) is 5.75 Å². The van der Waals surface area contributed by atoms with Crippen LogP contribution in [0.2, 0.25) is 0 Å². The molecule has 0 bridgehead atoms. The Morgan fingerprint density at radius 3 is 2.94 bits per heavy atom. The zero-order valence-corrected chi connectivity index (χ0v) is 10.1. The number of phenolic OH excluding ortho intramolecular Hbond substituents is 1. The maximum Gasteiger partial charge on any atom is 0.256 e. The highest BCUT2D eigenvalue weighted by molar-refractivity contribution is 6.11. The standard InChI is InChI=1S/C13H14N2O3/c1-7-4-5-8-10(11(7)16)14-12(17)9-3-2-6-15(9)13(8)18/h4-5,9,16H,2-3,6H2,1H3,(H,14,17)/t9-/m0/s1. The van der Waals surface area contributed by atoms with Crippen molar-refractivity contribution in [1.82, 2.24) is 4.90 Å². The minimum absolute atomic E-state index is 0.0182. The molecule has 0 saturated carbocycles. The third kappa shape index (κ3) is 1.40. The molecule has 1 aromatic rings. The summed E-state index contributed by atoms with van der Waals surface area (Å²) in [6.07, 6.45) is 1.53. The summed E-state index contributed by atoms with van der Waals surface area (Å²) in [5, 5.41) is 12.7.